The van der Waals surface area contributed by atoms with E-state index >= 15 is 0 Å². The second kappa shape index (κ2) is 5.81. The quantitative estimate of drug-likeness (QED) is 0.613. The highest BCUT2D eigenvalue weighted by molar-refractivity contribution is 5.62. The molecule has 1 saturated heterocycles. The maximum absolute atomic E-state index is 11.3. The molecule has 0 aromatic carbocycles. The summed E-state index contributed by atoms with van der Waals surface area (Å²) in [5, 5.41) is 11.3. The van der Waals surface area contributed by atoms with Gasteiger partial charge in [0.1, 0.15) is 6.33 Å². The Labute approximate surface area is 111 Å². The van der Waals surface area contributed by atoms with Crippen LogP contribution in [-0.2, 0) is 0 Å². The Morgan fingerprint density at radius 2 is 2.00 bits per heavy atom. The lowest BCUT2D eigenvalue weighted by atomic mass is 10.1. The standard InChI is InChI=1S/C12H18N4O3/c1-9(2)19-12-10(16(17)18)11(13-8-14-12)15-6-4-3-5-7-15/h8-9H,3-7H2,1-2H3. The molecule has 2 heterocycles. The number of anilines is 1. The minimum absolute atomic E-state index is 0.0515. The summed E-state index contributed by atoms with van der Waals surface area (Å²) in [5.41, 5.74) is -0.127. The van der Waals surface area contributed by atoms with Crippen molar-refractivity contribution in [2.75, 3.05) is 18.0 Å². The molecule has 0 amide bonds. The average molecular weight is 266 g/mol. The molecule has 7 heteroatoms. The molecular formula is C12H18N4O3. The van der Waals surface area contributed by atoms with Crippen molar-refractivity contribution < 1.29 is 9.66 Å². The van der Waals surface area contributed by atoms with Gasteiger partial charge < -0.3 is 9.64 Å². The monoisotopic (exact) mass is 266 g/mol. The molecule has 1 aliphatic rings. The first-order chi connectivity index (χ1) is 9.09. The number of hydrogen-bond acceptors (Lipinski definition) is 6. The molecule has 0 saturated carbocycles. The number of nitro groups is 1. The second-order valence-electron chi connectivity index (χ2n) is 4.82. The highest BCUT2D eigenvalue weighted by atomic mass is 16.6. The van der Waals surface area contributed by atoms with Crippen LogP contribution in [0.4, 0.5) is 11.5 Å². The first kappa shape index (κ1) is 13.5. The van der Waals surface area contributed by atoms with Crippen molar-refractivity contribution in [3.8, 4) is 5.88 Å². The van der Waals surface area contributed by atoms with Gasteiger partial charge in [-0.1, -0.05) is 0 Å². The van der Waals surface area contributed by atoms with Gasteiger partial charge in [0.15, 0.2) is 0 Å². The Balaban J connectivity index is 2.38. The Hall–Kier alpha value is -1.92. The molecule has 104 valence electrons. The van der Waals surface area contributed by atoms with E-state index in [1.54, 1.807) is 0 Å². The maximum Gasteiger partial charge on any atom is 0.372 e. The smallest absolute Gasteiger partial charge is 0.372 e. The van der Waals surface area contributed by atoms with Crippen LogP contribution in [0.3, 0.4) is 0 Å². The molecular weight excluding hydrogens is 248 g/mol. The molecule has 19 heavy (non-hydrogen) atoms. The van der Waals surface area contributed by atoms with E-state index in [0.29, 0.717) is 5.82 Å². The molecule has 0 aliphatic carbocycles. The van der Waals surface area contributed by atoms with Crippen molar-refractivity contribution in [3.05, 3.63) is 16.4 Å². The van der Waals surface area contributed by atoms with E-state index in [9.17, 15) is 10.1 Å². The van der Waals surface area contributed by atoms with Gasteiger partial charge >= 0.3 is 5.69 Å². The summed E-state index contributed by atoms with van der Waals surface area (Å²) in [7, 11) is 0. The normalized spacial score (nSPS) is 15.6. The predicted molar refractivity (Wildman–Crippen MR) is 70.5 cm³/mol. The van der Waals surface area contributed by atoms with E-state index in [-0.39, 0.29) is 17.7 Å². The van der Waals surface area contributed by atoms with Gasteiger partial charge in [-0.25, -0.2) is 4.98 Å². The van der Waals surface area contributed by atoms with Crippen molar-refractivity contribution in [1.82, 2.24) is 9.97 Å². The Morgan fingerprint density at radius 3 is 2.58 bits per heavy atom. The third kappa shape index (κ3) is 3.10. The first-order valence-electron chi connectivity index (χ1n) is 6.50. The first-order valence-corrected chi connectivity index (χ1v) is 6.50. The molecule has 0 spiro atoms. The molecule has 2 rings (SSSR count). The molecule has 0 unspecified atom stereocenters. The molecule has 1 aromatic rings. The van der Waals surface area contributed by atoms with Gasteiger partial charge in [-0.05, 0) is 33.1 Å². The SMILES string of the molecule is CC(C)Oc1ncnc(N2CCCCC2)c1[N+](=O)[O-]. The molecule has 1 aliphatic heterocycles. The van der Waals surface area contributed by atoms with Crippen LogP contribution in [0.15, 0.2) is 6.33 Å². The number of hydrogen-bond donors (Lipinski definition) is 0. The molecule has 1 aromatic heterocycles. The largest absolute Gasteiger partial charge is 0.470 e. The molecule has 0 atom stereocenters. The lowest BCUT2D eigenvalue weighted by molar-refractivity contribution is -0.385. The predicted octanol–water partition coefficient (Wildman–Crippen LogP) is 2.16. The van der Waals surface area contributed by atoms with Crippen LogP contribution < -0.4 is 9.64 Å². The van der Waals surface area contributed by atoms with Crippen LogP contribution in [0.2, 0.25) is 0 Å². The summed E-state index contributed by atoms with van der Waals surface area (Å²) in [6.45, 7) is 5.21. The van der Waals surface area contributed by atoms with E-state index in [2.05, 4.69) is 9.97 Å². The minimum atomic E-state index is -0.457. The number of piperidine rings is 1. The molecule has 0 bridgehead atoms. The van der Waals surface area contributed by atoms with Gasteiger partial charge in [0.25, 0.3) is 5.88 Å². The maximum atomic E-state index is 11.3. The van der Waals surface area contributed by atoms with Crippen LogP contribution in [0.1, 0.15) is 33.1 Å². The Morgan fingerprint density at radius 1 is 1.32 bits per heavy atom. The van der Waals surface area contributed by atoms with Gasteiger partial charge in [-0.3, -0.25) is 10.1 Å². The van der Waals surface area contributed by atoms with Gasteiger partial charge in [0, 0.05) is 13.1 Å². The Bertz CT molecular complexity index is 458. The number of rotatable bonds is 4. The third-order valence-electron chi connectivity index (χ3n) is 2.95. The number of nitrogens with zero attached hydrogens (tertiary/aromatic N) is 4. The van der Waals surface area contributed by atoms with Crippen LogP contribution in [0.5, 0.6) is 5.88 Å². The average Bonchev–Trinajstić information content (AvgIpc) is 2.38. The molecule has 7 nitrogen and oxygen atoms in total. The number of ether oxygens (including phenoxy) is 1. The fourth-order valence-corrected chi connectivity index (χ4v) is 2.16. The van der Waals surface area contributed by atoms with Crippen molar-refractivity contribution in [2.24, 2.45) is 0 Å². The topological polar surface area (TPSA) is 81.4 Å². The van der Waals surface area contributed by atoms with Gasteiger partial charge in [-0.2, -0.15) is 4.98 Å². The Kier molecular flexibility index (Phi) is 4.13. The summed E-state index contributed by atoms with van der Waals surface area (Å²) >= 11 is 0. The van der Waals surface area contributed by atoms with Crippen molar-refractivity contribution in [3.63, 3.8) is 0 Å². The van der Waals surface area contributed by atoms with Crippen LogP contribution in [0.25, 0.3) is 0 Å². The molecule has 0 N–H and O–H groups in total. The van der Waals surface area contributed by atoms with E-state index in [1.807, 2.05) is 18.7 Å². The molecule has 0 radical (unpaired) electrons. The van der Waals surface area contributed by atoms with Crippen molar-refractivity contribution in [2.45, 2.75) is 39.2 Å². The fraction of sp³-hybridized carbons (Fsp3) is 0.667. The summed E-state index contributed by atoms with van der Waals surface area (Å²) in [6, 6.07) is 0. The van der Waals surface area contributed by atoms with E-state index in [0.717, 1.165) is 32.4 Å². The fourth-order valence-electron chi connectivity index (χ4n) is 2.16. The highest BCUT2D eigenvalue weighted by Crippen LogP contribution is 2.34. The summed E-state index contributed by atoms with van der Waals surface area (Å²) in [5.74, 6) is 0.422. The summed E-state index contributed by atoms with van der Waals surface area (Å²) in [4.78, 5) is 20.7. The van der Waals surface area contributed by atoms with E-state index < -0.39 is 4.92 Å². The van der Waals surface area contributed by atoms with Crippen LogP contribution >= 0.6 is 0 Å². The van der Waals surface area contributed by atoms with Crippen molar-refractivity contribution >= 4 is 11.5 Å². The number of aromatic nitrogens is 2. The van der Waals surface area contributed by atoms with E-state index in [4.69, 9.17) is 4.74 Å². The van der Waals surface area contributed by atoms with Gasteiger partial charge in [0.05, 0.1) is 11.0 Å². The summed E-state index contributed by atoms with van der Waals surface area (Å²) in [6.07, 6.45) is 4.38. The lowest BCUT2D eigenvalue weighted by Crippen LogP contribution is -2.31. The van der Waals surface area contributed by atoms with Gasteiger partial charge in [-0.15, -0.1) is 0 Å². The van der Waals surface area contributed by atoms with E-state index in [1.165, 1.54) is 6.33 Å². The zero-order valence-electron chi connectivity index (χ0n) is 11.2. The molecule has 1 fully saturated rings. The second-order valence-corrected chi connectivity index (χ2v) is 4.82. The lowest BCUT2D eigenvalue weighted by Gasteiger charge is -2.27. The summed E-state index contributed by atoms with van der Waals surface area (Å²) < 4.78 is 5.42. The zero-order valence-corrected chi connectivity index (χ0v) is 11.2. The van der Waals surface area contributed by atoms with Crippen LogP contribution in [-0.4, -0.2) is 34.1 Å². The minimum Gasteiger partial charge on any atom is -0.470 e. The van der Waals surface area contributed by atoms with Crippen LogP contribution in [0, 0.1) is 10.1 Å². The van der Waals surface area contributed by atoms with Gasteiger partial charge in [0.2, 0.25) is 5.82 Å². The third-order valence-corrected chi connectivity index (χ3v) is 2.95. The van der Waals surface area contributed by atoms with Crippen molar-refractivity contribution in [1.29, 1.82) is 0 Å². The zero-order chi connectivity index (χ0) is 13.8. The highest BCUT2D eigenvalue weighted by Gasteiger charge is 2.29.